The third-order valence-corrected chi connectivity index (χ3v) is 3.55. The highest BCUT2D eigenvalue weighted by atomic mass is 19.1. The van der Waals surface area contributed by atoms with Gasteiger partial charge in [-0.15, -0.1) is 0 Å². The lowest BCUT2D eigenvalue weighted by molar-refractivity contribution is -0.385. The van der Waals surface area contributed by atoms with E-state index < -0.39 is 4.92 Å². The first kappa shape index (κ1) is 14.9. The van der Waals surface area contributed by atoms with Crippen molar-refractivity contribution in [3.05, 3.63) is 58.3 Å². The van der Waals surface area contributed by atoms with Crippen molar-refractivity contribution in [2.24, 2.45) is 7.05 Å². The third kappa shape index (κ3) is 3.10. The maximum atomic E-state index is 13.3. The number of benzene rings is 1. The lowest BCUT2D eigenvalue weighted by atomic mass is 10.3. The molecule has 0 atom stereocenters. The number of imidazole rings is 1. The van der Waals surface area contributed by atoms with E-state index in [1.54, 1.807) is 12.1 Å². The summed E-state index contributed by atoms with van der Waals surface area (Å²) >= 11 is 0. The van der Waals surface area contributed by atoms with Crippen LogP contribution >= 0.6 is 0 Å². The van der Waals surface area contributed by atoms with Gasteiger partial charge in [-0.3, -0.25) is 10.1 Å². The molecule has 3 aromatic rings. The molecule has 0 amide bonds. The molecule has 1 N–H and O–H groups in total. The fourth-order valence-electron chi connectivity index (χ4n) is 2.34. The second-order valence-electron chi connectivity index (χ2n) is 5.06. The van der Waals surface area contributed by atoms with Gasteiger partial charge in [0.2, 0.25) is 0 Å². The minimum Gasteiger partial charge on any atom is -0.370 e. The Morgan fingerprint density at radius 3 is 2.87 bits per heavy atom. The van der Waals surface area contributed by atoms with E-state index >= 15 is 0 Å². The molecule has 0 fully saturated rings. The zero-order chi connectivity index (χ0) is 16.4. The first-order valence-corrected chi connectivity index (χ1v) is 7.00. The number of nitro groups is 1. The minimum atomic E-state index is -0.491. The van der Waals surface area contributed by atoms with Gasteiger partial charge in [0.05, 0.1) is 16.0 Å². The van der Waals surface area contributed by atoms with Crippen molar-refractivity contribution in [2.45, 2.75) is 6.42 Å². The van der Waals surface area contributed by atoms with Crippen LogP contribution in [0.1, 0.15) is 5.82 Å². The van der Waals surface area contributed by atoms with Crippen LogP contribution in [0.3, 0.4) is 0 Å². The molecule has 0 aliphatic carbocycles. The zero-order valence-electron chi connectivity index (χ0n) is 12.4. The number of hydrogen-bond donors (Lipinski definition) is 1. The van der Waals surface area contributed by atoms with E-state index in [2.05, 4.69) is 15.3 Å². The molecule has 0 aliphatic heterocycles. The smallest absolute Gasteiger partial charge is 0.287 e. The van der Waals surface area contributed by atoms with Crippen LogP contribution < -0.4 is 5.32 Å². The van der Waals surface area contributed by atoms with Gasteiger partial charge in [0.15, 0.2) is 0 Å². The van der Waals surface area contributed by atoms with Gasteiger partial charge >= 0.3 is 0 Å². The number of fused-ring (bicyclic) bond motifs is 1. The number of anilines is 1. The number of nitrogens with zero attached hydrogens (tertiary/aromatic N) is 4. The molecule has 0 spiro atoms. The molecule has 7 nitrogen and oxygen atoms in total. The Morgan fingerprint density at radius 2 is 2.17 bits per heavy atom. The van der Waals surface area contributed by atoms with Gasteiger partial charge < -0.3 is 9.88 Å². The third-order valence-electron chi connectivity index (χ3n) is 3.55. The molecule has 0 radical (unpaired) electrons. The molecule has 118 valence electrons. The van der Waals surface area contributed by atoms with E-state index in [9.17, 15) is 14.5 Å². The van der Waals surface area contributed by atoms with E-state index in [4.69, 9.17) is 0 Å². The van der Waals surface area contributed by atoms with E-state index in [1.807, 2.05) is 11.6 Å². The van der Waals surface area contributed by atoms with Crippen LogP contribution in [-0.2, 0) is 13.5 Å². The van der Waals surface area contributed by atoms with Crippen molar-refractivity contribution < 1.29 is 9.31 Å². The second-order valence-corrected chi connectivity index (χ2v) is 5.06. The average Bonchev–Trinajstić information content (AvgIpc) is 2.84. The van der Waals surface area contributed by atoms with Crippen molar-refractivity contribution >= 4 is 22.5 Å². The van der Waals surface area contributed by atoms with Crippen molar-refractivity contribution in [3.63, 3.8) is 0 Å². The SMILES string of the molecule is Cn1c(CCNc2ccc([N+](=O)[O-])cn2)nc2ccc(F)cc21. The molecule has 2 heterocycles. The molecule has 1 aromatic carbocycles. The van der Waals surface area contributed by atoms with E-state index in [0.29, 0.717) is 18.8 Å². The molecule has 2 aromatic heterocycles. The van der Waals surface area contributed by atoms with Crippen molar-refractivity contribution in [2.75, 3.05) is 11.9 Å². The normalized spacial score (nSPS) is 10.9. The highest BCUT2D eigenvalue weighted by molar-refractivity contribution is 5.75. The van der Waals surface area contributed by atoms with Crippen LogP contribution in [0.15, 0.2) is 36.5 Å². The topological polar surface area (TPSA) is 85.9 Å². The number of pyridine rings is 1. The van der Waals surface area contributed by atoms with Crippen molar-refractivity contribution in [3.8, 4) is 0 Å². The highest BCUT2D eigenvalue weighted by Gasteiger charge is 2.09. The monoisotopic (exact) mass is 315 g/mol. The van der Waals surface area contributed by atoms with E-state index in [1.165, 1.54) is 24.4 Å². The Labute approximate surface area is 130 Å². The number of nitrogens with one attached hydrogen (secondary N) is 1. The van der Waals surface area contributed by atoms with E-state index in [-0.39, 0.29) is 11.5 Å². The largest absolute Gasteiger partial charge is 0.370 e. The molecule has 0 aliphatic rings. The summed E-state index contributed by atoms with van der Waals surface area (Å²) in [4.78, 5) is 18.5. The summed E-state index contributed by atoms with van der Waals surface area (Å²) in [5.74, 6) is 1.08. The maximum Gasteiger partial charge on any atom is 0.287 e. The summed E-state index contributed by atoms with van der Waals surface area (Å²) in [5, 5.41) is 13.6. The molecule has 0 unspecified atom stereocenters. The summed E-state index contributed by atoms with van der Waals surface area (Å²) in [5.41, 5.74) is 1.44. The second kappa shape index (κ2) is 5.99. The first-order chi connectivity index (χ1) is 11.0. The van der Waals surface area contributed by atoms with Gasteiger partial charge in [-0.1, -0.05) is 0 Å². The Balaban J connectivity index is 1.66. The zero-order valence-corrected chi connectivity index (χ0v) is 12.4. The van der Waals surface area contributed by atoms with E-state index in [0.717, 1.165) is 16.9 Å². The van der Waals surface area contributed by atoms with Gasteiger partial charge in [0, 0.05) is 26.1 Å². The number of halogens is 1. The summed E-state index contributed by atoms with van der Waals surface area (Å²) < 4.78 is 15.1. The number of aromatic nitrogens is 3. The van der Waals surface area contributed by atoms with Crippen molar-refractivity contribution in [1.82, 2.24) is 14.5 Å². The predicted molar refractivity (Wildman–Crippen MR) is 83.8 cm³/mol. The Bertz CT molecular complexity index is 860. The number of hydrogen-bond acceptors (Lipinski definition) is 5. The Morgan fingerprint density at radius 1 is 1.35 bits per heavy atom. The fourth-order valence-corrected chi connectivity index (χ4v) is 2.34. The van der Waals surface area contributed by atoms with Crippen LogP contribution in [0, 0.1) is 15.9 Å². The number of rotatable bonds is 5. The molecule has 0 bridgehead atoms. The molecule has 3 rings (SSSR count). The maximum absolute atomic E-state index is 13.3. The predicted octanol–water partition coefficient (Wildman–Crippen LogP) is 2.67. The van der Waals surface area contributed by atoms with Crippen LogP contribution in [0.2, 0.25) is 0 Å². The summed E-state index contributed by atoms with van der Waals surface area (Å²) in [6, 6.07) is 7.45. The van der Waals surface area contributed by atoms with Gasteiger partial charge in [0.1, 0.15) is 23.7 Å². The summed E-state index contributed by atoms with van der Waals surface area (Å²) in [7, 11) is 1.84. The van der Waals surface area contributed by atoms with Crippen LogP contribution in [0.4, 0.5) is 15.9 Å². The molecule has 8 heteroatoms. The molecular formula is C15H14FN5O2. The lowest BCUT2D eigenvalue weighted by Crippen LogP contribution is -2.09. The first-order valence-electron chi connectivity index (χ1n) is 7.00. The number of aryl methyl sites for hydroxylation is 1. The highest BCUT2D eigenvalue weighted by Crippen LogP contribution is 2.17. The lowest BCUT2D eigenvalue weighted by Gasteiger charge is -2.05. The molecule has 23 heavy (non-hydrogen) atoms. The standard InChI is InChI=1S/C15H14FN5O2/c1-20-13-8-10(16)2-4-12(13)19-15(20)6-7-17-14-5-3-11(9-18-14)21(22)23/h2-5,8-9H,6-7H2,1H3,(H,17,18). The summed E-state index contributed by atoms with van der Waals surface area (Å²) in [6.45, 7) is 0.560. The molecule has 0 saturated heterocycles. The van der Waals surface area contributed by atoms with Crippen molar-refractivity contribution in [1.29, 1.82) is 0 Å². The molecule has 0 saturated carbocycles. The van der Waals surface area contributed by atoms with Crippen LogP contribution in [-0.4, -0.2) is 26.0 Å². The van der Waals surface area contributed by atoms with Gasteiger partial charge in [-0.2, -0.15) is 0 Å². The molecular weight excluding hydrogens is 301 g/mol. The quantitative estimate of drug-likeness (QED) is 0.578. The minimum absolute atomic E-state index is 0.0482. The van der Waals surface area contributed by atoms with Gasteiger partial charge in [-0.05, 0) is 24.3 Å². The Hall–Kier alpha value is -3.03. The van der Waals surface area contributed by atoms with Crippen LogP contribution in [0.5, 0.6) is 0 Å². The average molecular weight is 315 g/mol. The fraction of sp³-hybridized carbons (Fsp3) is 0.200. The van der Waals surface area contributed by atoms with Gasteiger partial charge in [-0.25, -0.2) is 14.4 Å². The Kier molecular flexibility index (Phi) is 3.88. The summed E-state index contributed by atoms with van der Waals surface area (Å²) in [6.07, 6.45) is 1.83. The van der Waals surface area contributed by atoms with Gasteiger partial charge in [0.25, 0.3) is 5.69 Å². The van der Waals surface area contributed by atoms with Crippen LogP contribution in [0.25, 0.3) is 11.0 Å².